The fourth-order valence-electron chi connectivity index (χ4n) is 2.64. The smallest absolute Gasteiger partial charge is 0.229 e. The summed E-state index contributed by atoms with van der Waals surface area (Å²) < 4.78 is 24.7. The summed E-state index contributed by atoms with van der Waals surface area (Å²) in [4.78, 5) is 8.26. The van der Waals surface area contributed by atoms with Crippen LogP contribution in [0.4, 0.5) is 33.2 Å². The van der Waals surface area contributed by atoms with Crippen LogP contribution in [0.5, 0.6) is 5.75 Å². The number of hydrogen-bond acceptors (Lipinski definition) is 7. The second-order valence-electron chi connectivity index (χ2n) is 6.88. The molecule has 3 N–H and O–H groups in total. The maximum absolute atomic E-state index is 14.2. The van der Waals surface area contributed by atoms with Crippen molar-refractivity contribution in [2.45, 2.75) is 19.9 Å². The lowest BCUT2D eigenvalue weighted by molar-refractivity contribution is 0.146. The molecule has 0 amide bonds. The number of aromatic nitrogens is 2. The summed E-state index contributed by atoms with van der Waals surface area (Å²) in [5, 5.41) is 9.36. The van der Waals surface area contributed by atoms with Gasteiger partial charge in [-0.05, 0) is 62.4 Å². The lowest BCUT2D eigenvalue weighted by atomic mass is 10.2. The maximum atomic E-state index is 14.2. The van der Waals surface area contributed by atoms with Crippen molar-refractivity contribution in [2.75, 3.05) is 36.3 Å². The van der Waals surface area contributed by atoms with Crippen molar-refractivity contribution in [3.05, 3.63) is 60.5 Å². The number of benzene rings is 2. The van der Waals surface area contributed by atoms with Crippen molar-refractivity contribution in [3.63, 3.8) is 0 Å². The molecule has 0 fully saturated rings. The highest BCUT2D eigenvalue weighted by atomic mass is 19.1. The van der Waals surface area contributed by atoms with Crippen LogP contribution >= 0.6 is 0 Å². The van der Waals surface area contributed by atoms with E-state index in [-0.39, 0.29) is 11.8 Å². The minimum atomic E-state index is -0.535. The molecule has 3 aromatic rings. The van der Waals surface area contributed by atoms with Gasteiger partial charge in [-0.25, -0.2) is 9.37 Å². The van der Waals surface area contributed by atoms with E-state index in [1.165, 1.54) is 0 Å². The Morgan fingerprint density at radius 2 is 1.53 bits per heavy atom. The quantitative estimate of drug-likeness (QED) is 0.407. The van der Waals surface area contributed by atoms with Crippen molar-refractivity contribution >= 4 is 28.8 Å². The van der Waals surface area contributed by atoms with Crippen LogP contribution in [0, 0.1) is 5.82 Å². The topological polar surface area (TPSA) is 80.3 Å². The third kappa shape index (κ3) is 6.31. The predicted octanol–water partition coefficient (Wildman–Crippen LogP) is 4.95. The van der Waals surface area contributed by atoms with Crippen LogP contribution in [0.1, 0.15) is 13.8 Å². The molecule has 30 heavy (non-hydrogen) atoms. The molecule has 0 bridgehead atoms. The molecular weight excluding hydrogens is 385 g/mol. The summed E-state index contributed by atoms with van der Waals surface area (Å²) in [6, 6.07) is 15.2. The molecule has 7 nitrogen and oxygen atoms in total. The van der Waals surface area contributed by atoms with E-state index in [0.29, 0.717) is 19.3 Å². The Balaban J connectivity index is 1.64. The number of methoxy groups -OCH3 is 1. The summed E-state index contributed by atoms with van der Waals surface area (Å²) in [5.41, 5.74) is 2.48. The highest BCUT2D eigenvalue weighted by Crippen LogP contribution is 2.23. The van der Waals surface area contributed by atoms with Crippen LogP contribution in [0.2, 0.25) is 0 Å². The van der Waals surface area contributed by atoms with Crippen LogP contribution in [0.15, 0.2) is 54.7 Å². The van der Waals surface area contributed by atoms with Crippen molar-refractivity contribution in [1.29, 1.82) is 0 Å². The minimum Gasteiger partial charge on any atom is -0.491 e. The lowest BCUT2D eigenvalue weighted by Crippen LogP contribution is -2.09. The highest BCUT2D eigenvalue weighted by Gasteiger charge is 2.08. The number of rotatable bonds is 10. The van der Waals surface area contributed by atoms with Gasteiger partial charge in [0.2, 0.25) is 5.95 Å². The van der Waals surface area contributed by atoms with Crippen molar-refractivity contribution < 1.29 is 13.9 Å². The van der Waals surface area contributed by atoms with E-state index in [4.69, 9.17) is 9.47 Å². The minimum absolute atomic E-state index is 0.0941. The summed E-state index contributed by atoms with van der Waals surface area (Å²) in [7, 11) is 1.63. The molecule has 0 spiro atoms. The first-order chi connectivity index (χ1) is 14.5. The molecule has 8 heteroatoms. The SMILES string of the molecule is COCCOc1ccc(Nc2ncc(F)c(Nc3ccc(NC(C)C)cc3)n2)cc1. The molecule has 1 heterocycles. The molecule has 0 aliphatic rings. The Labute approximate surface area is 175 Å². The zero-order chi connectivity index (χ0) is 21.3. The lowest BCUT2D eigenvalue weighted by Gasteiger charge is -2.12. The van der Waals surface area contributed by atoms with Gasteiger partial charge in [0.1, 0.15) is 12.4 Å². The fourth-order valence-corrected chi connectivity index (χ4v) is 2.64. The van der Waals surface area contributed by atoms with Gasteiger partial charge in [-0.3, -0.25) is 0 Å². The molecule has 0 atom stereocenters. The van der Waals surface area contributed by atoms with Gasteiger partial charge in [0, 0.05) is 30.2 Å². The summed E-state index contributed by atoms with van der Waals surface area (Å²) in [6.07, 6.45) is 1.13. The van der Waals surface area contributed by atoms with Gasteiger partial charge in [-0.15, -0.1) is 0 Å². The average molecular weight is 411 g/mol. The van der Waals surface area contributed by atoms with Crippen molar-refractivity contribution in [2.24, 2.45) is 0 Å². The molecule has 0 unspecified atom stereocenters. The number of anilines is 5. The first-order valence-corrected chi connectivity index (χ1v) is 9.68. The molecule has 3 rings (SSSR count). The molecular formula is C22H26FN5O2. The first kappa shape index (κ1) is 21.3. The van der Waals surface area contributed by atoms with Gasteiger partial charge >= 0.3 is 0 Å². The molecule has 2 aromatic carbocycles. The van der Waals surface area contributed by atoms with Gasteiger partial charge in [0.15, 0.2) is 11.6 Å². The molecule has 0 aliphatic carbocycles. The van der Waals surface area contributed by atoms with Gasteiger partial charge in [0.05, 0.1) is 12.8 Å². The normalized spacial score (nSPS) is 10.7. The first-order valence-electron chi connectivity index (χ1n) is 9.68. The van der Waals surface area contributed by atoms with E-state index >= 15 is 0 Å². The largest absolute Gasteiger partial charge is 0.491 e. The predicted molar refractivity (Wildman–Crippen MR) is 118 cm³/mol. The van der Waals surface area contributed by atoms with Crippen LogP contribution in [0.3, 0.4) is 0 Å². The van der Waals surface area contributed by atoms with E-state index in [2.05, 4.69) is 39.8 Å². The van der Waals surface area contributed by atoms with Crippen LogP contribution in [-0.4, -0.2) is 36.3 Å². The number of hydrogen-bond donors (Lipinski definition) is 3. The van der Waals surface area contributed by atoms with Gasteiger partial charge in [-0.1, -0.05) is 0 Å². The molecule has 0 saturated carbocycles. The van der Waals surface area contributed by atoms with Gasteiger partial charge < -0.3 is 25.4 Å². The number of nitrogens with one attached hydrogen (secondary N) is 3. The van der Waals surface area contributed by atoms with E-state index in [9.17, 15) is 4.39 Å². The molecule has 0 radical (unpaired) electrons. The Bertz CT molecular complexity index is 933. The Kier molecular flexibility index (Phi) is 7.40. The third-order valence-electron chi connectivity index (χ3n) is 4.01. The highest BCUT2D eigenvalue weighted by molar-refractivity contribution is 5.62. The summed E-state index contributed by atoms with van der Waals surface area (Å²) in [5.74, 6) is 0.573. The Morgan fingerprint density at radius 1 is 0.900 bits per heavy atom. The third-order valence-corrected chi connectivity index (χ3v) is 4.01. The van der Waals surface area contributed by atoms with Crippen molar-refractivity contribution in [1.82, 2.24) is 9.97 Å². The summed E-state index contributed by atoms with van der Waals surface area (Å²) >= 11 is 0. The number of nitrogens with zero attached hydrogens (tertiary/aromatic N) is 2. The molecule has 158 valence electrons. The zero-order valence-electron chi connectivity index (χ0n) is 17.3. The average Bonchev–Trinajstić information content (AvgIpc) is 2.73. The Morgan fingerprint density at radius 3 is 2.20 bits per heavy atom. The van der Waals surface area contributed by atoms with Crippen LogP contribution < -0.4 is 20.7 Å². The molecule has 0 saturated heterocycles. The standard InChI is InChI=1S/C22H26FN5O2/c1-15(2)25-16-4-6-17(7-5-16)26-21-20(23)14-24-22(28-21)27-18-8-10-19(11-9-18)30-13-12-29-3/h4-11,14-15,25H,12-13H2,1-3H3,(H2,24,26,27,28). The number of ether oxygens (including phenoxy) is 2. The number of halogens is 1. The van der Waals surface area contributed by atoms with Gasteiger partial charge in [0.25, 0.3) is 0 Å². The van der Waals surface area contributed by atoms with Crippen LogP contribution in [0.25, 0.3) is 0 Å². The summed E-state index contributed by atoms with van der Waals surface area (Å²) in [6.45, 7) is 5.14. The maximum Gasteiger partial charge on any atom is 0.229 e. The van der Waals surface area contributed by atoms with Gasteiger partial charge in [-0.2, -0.15) is 4.98 Å². The second kappa shape index (κ2) is 10.4. The molecule has 0 aliphatic heterocycles. The van der Waals surface area contributed by atoms with Crippen LogP contribution in [-0.2, 0) is 4.74 Å². The Hall–Kier alpha value is -3.39. The zero-order valence-corrected chi connectivity index (χ0v) is 17.3. The molecule has 1 aromatic heterocycles. The van der Waals surface area contributed by atoms with E-state index < -0.39 is 5.82 Å². The fraction of sp³-hybridized carbons (Fsp3) is 0.273. The second-order valence-corrected chi connectivity index (χ2v) is 6.88. The monoisotopic (exact) mass is 411 g/mol. The van der Waals surface area contributed by atoms with E-state index in [0.717, 1.165) is 29.0 Å². The van der Waals surface area contributed by atoms with E-state index in [1.807, 2.05) is 48.5 Å². The van der Waals surface area contributed by atoms with E-state index in [1.54, 1.807) is 7.11 Å². The van der Waals surface area contributed by atoms with Crippen molar-refractivity contribution in [3.8, 4) is 5.75 Å².